The quantitative estimate of drug-likeness (QED) is 0.619. The van der Waals surface area contributed by atoms with Gasteiger partial charge >= 0.3 is 6.03 Å². The number of nitrogens with one attached hydrogen (secondary N) is 2. The molecule has 0 aliphatic heterocycles. The van der Waals surface area contributed by atoms with Crippen molar-refractivity contribution in [2.24, 2.45) is 0 Å². The molecule has 2 amide bonds. The molecular formula is C18H27ClN2O2. The molecular weight excluding hydrogens is 312 g/mol. The van der Waals surface area contributed by atoms with Gasteiger partial charge in [0.1, 0.15) is 12.4 Å². The summed E-state index contributed by atoms with van der Waals surface area (Å²) in [5.41, 5.74) is 2.00. The number of amides is 2. The number of hydrogen-bond acceptors (Lipinski definition) is 2. The van der Waals surface area contributed by atoms with Crippen molar-refractivity contribution in [2.45, 2.75) is 58.4 Å². The van der Waals surface area contributed by atoms with Gasteiger partial charge in [-0.1, -0.05) is 37.3 Å². The zero-order valence-corrected chi connectivity index (χ0v) is 14.8. The van der Waals surface area contributed by atoms with Crippen LogP contribution in [0.4, 0.5) is 4.79 Å². The highest BCUT2D eigenvalue weighted by Crippen LogP contribution is 2.25. The lowest BCUT2D eigenvalue weighted by Gasteiger charge is -2.17. The van der Waals surface area contributed by atoms with Crippen LogP contribution in [0, 0.1) is 13.8 Å². The Kier molecular flexibility index (Phi) is 7.03. The minimum atomic E-state index is -0.0935. The van der Waals surface area contributed by atoms with E-state index in [0.29, 0.717) is 19.2 Å². The SMILES string of the molecule is Cc1cc(OCCNC(=O)NC2CCCCCC2)cc(C)c1Cl. The average molecular weight is 339 g/mol. The average Bonchev–Trinajstić information content (AvgIpc) is 2.77. The zero-order chi connectivity index (χ0) is 16.7. The normalized spacial score (nSPS) is 15.8. The Morgan fingerprint density at radius 3 is 2.39 bits per heavy atom. The Bertz CT molecular complexity index is 503. The molecule has 128 valence electrons. The van der Waals surface area contributed by atoms with Gasteiger partial charge in [0.25, 0.3) is 0 Å². The van der Waals surface area contributed by atoms with Crippen molar-refractivity contribution in [1.82, 2.24) is 10.6 Å². The molecule has 1 aliphatic rings. The van der Waals surface area contributed by atoms with Crippen LogP contribution in [0.25, 0.3) is 0 Å². The summed E-state index contributed by atoms with van der Waals surface area (Å²) in [6.45, 7) is 4.85. The molecule has 0 aromatic heterocycles. The van der Waals surface area contributed by atoms with Gasteiger partial charge in [-0.3, -0.25) is 0 Å². The molecule has 0 bridgehead atoms. The number of benzene rings is 1. The summed E-state index contributed by atoms with van der Waals surface area (Å²) in [6.07, 6.45) is 7.17. The molecule has 2 N–H and O–H groups in total. The minimum absolute atomic E-state index is 0.0935. The van der Waals surface area contributed by atoms with Gasteiger partial charge in [0.2, 0.25) is 0 Å². The molecule has 1 saturated carbocycles. The highest BCUT2D eigenvalue weighted by molar-refractivity contribution is 6.32. The molecule has 0 spiro atoms. The first-order valence-corrected chi connectivity index (χ1v) is 8.88. The molecule has 1 aromatic carbocycles. The number of carbonyl (C=O) groups excluding carboxylic acids is 1. The number of ether oxygens (including phenoxy) is 1. The highest BCUT2D eigenvalue weighted by atomic mass is 35.5. The molecule has 0 unspecified atom stereocenters. The van der Waals surface area contributed by atoms with E-state index in [1.807, 2.05) is 26.0 Å². The minimum Gasteiger partial charge on any atom is -0.492 e. The third-order valence-electron chi connectivity index (χ3n) is 4.26. The van der Waals surface area contributed by atoms with Crippen molar-refractivity contribution >= 4 is 17.6 Å². The molecule has 0 saturated heterocycles. The topological polar surface area (TPSA) is 50.4 Å². The largest absolute Gasteiger partial charge is 0.492 e. The fourth-order valence-corrected chi connectivity index (χ4v) is 3.09. The van der Waals surface area contributed by atoms with E-state index in [0.717, 1.165) is 34.7 Å². The predicted octanol–water partition coefficient (Wildman–Crippen LogP) is 4.36. The van der Waals surface area contributed by atoms with Gasteiger partial charge in [0.05, 0.1) is 6.54 Å². The first kappa shape index (κ1) is 17.9. The molecule has 1 fully saturated rings. The molecule has 0 heterocycles. The molecule has 0 radical (unpaired) electrons. The molecule has 2 rings (SSSR count). The summed E-state index contributed by atoms with van der Waals surface area (Å²) in [6, 6.07) is 4.06. The second-order valence-corrected chi connectivity index (χ2v) is 6.69. The molecule has 5 heteroatoms. The first-order chi connectivity index (χ1) is 11.1. The number of halogens is 1. The van der Waals surface area contributed by atoms with Crippen LogP contribution in [0.1, 0.15) is 49.7 Å². The zero-order valence-electron chi connectivity index (χ0n) is 14.1. The van der Waals surface area contributed by atoms with E-state index >= 15 is 0 Å². The third kappa shape index (κ3) is 5.94. The molecule has 23 heavy (non-hydrogen) atoms. The Hall–Kier alpha value is -1.42. The lowest BCUT2D eigenvalue weighted by molar-refractivity contribution is 0.231. The maximum absolute atomic E-state index is 11.9. The molecule has 4 nitrogen and oxygen atoms in total. The molecule has 1 aliphatic carbocycles. The maximum atomic E-state index is 11.9. The van der Waals surface area contributed by atoms with Crippen LogP contribution in [0.3, 0.4) is 0 Å². The number of rotatable bonds is 5. The lowest BCUT2D eigenvalue weighted by atomic mass is 10.1. The smallest absolute Gasteiger partial charge is 0.315 e. The van der Waals surface area contributed by atoms with Gasteiger partial charge in [-0.15, -0.1) is 0 Å². The van der Waals surface area contributed by atoms with E-state index in [9.17, 15) is 4.79 Å². The first-order valence-electron chi connectivity index (χ1n) is 8.50. The van der Waals surface area contributed by atoms with Gasteiger partial charge in [0.15, 0.2) is 0 Å². The summed E-state index contributed by atoms with van der Waals surface area (Å²) < 4.78 is 5.68. The second kappa shape index (κ2) is 9.02. The number of aryl methyl sites for hydroxylation is 2. The number of urea groups is 1. The van der Waals surface area contributed by atoms with Crippen LogP contribution >= 0.6 is 11.6 Å². The Labute approximate surface area is 143 Å². The molecule has 0 atom stereocenters. The van der Waals surface area contributed by atoms with E-state index in [1.54, 1.807) is 0 Å². The summed E-state index contributed by atoms with van der Waals surface area (Å²) in [5.74, 6) is 0.787. The van der Waals surface area contributed by atoms with Crippen LogP contribution < -0.4 is 15.4 Å². The monoisotopic (exact) mass is 338 g/mol. The van der Waals surface area contributed by atoms with Crippen LogP contribution in [0.2, 0.25) is 5.02 Å². The van der Waals surface area contributed by atoms with Gasteiger partial charge < -0.3 is 15.4 Å². The van der Waals surface area contributed by atoms with E-state index in [4.69, 9.17) is 16.3 Å². The maximum Gasteiger partial charge on any atom is 0.315 e. The Morgan fingerprint density at radius 2 is 1.78 bits per heavy atom. The third-order valence-corrected chi connectivity index (χ3v) is 4.85. The summed E-state index contributed by atoms with van der Waals surface area (Å²) >= 11 is 6.14. The number of carbonyl (C=O) groups is 1. The van der Waals surface area contributed by atoms with Gasteiger partial charge in [-0.05, 0) is 49.9 Å². The van der Waals surface area contributed by atoms with E-state index < -0.39 is 0 Å². The fraction of sp³-hybridized carbons (Fsp3) is 0.611. The standard InChI is InChI=1S/C18H27ClN2O2/c1-13-11-16(12-14(2)17(13)19)23-10-9-20-18(22)21-15-7-5-3-4-6-8-15/h11-12,15H,3-10H2,1-2H3,(H2,20,21,22). The summed E-state index contributed by atoms with van der Waals surface area (Å²) in [4.78, 5) is 11.9. The van der Waals surface area contributed by atoms with Crippen LogP contribution in [-0.4, -0.2) is 25.2 Å². The van der Waals surface area contributed by atoms with E-state index in [-0.39, 0.29) is 6.03 Å². The van der Waals surface area contributed by atoms with Crippen molar-refractivity contribution in [2.75, 3.05) is 13.2 Å². The van der Waals surface area contributed by atoms with E-state index in [1.165, 1.54) is 25.7 Å². The van der Waals surface area contributed by atoms with E-state index in [2.05, 4.69) is 10.6 Å². The van der Waals surface area contributed by atoms with Crippen molar-refractivity contribution in [1.29, 1.82) is 0 Å². The predicted molar refractivity (Wildman–Crippen MR) is 94.4 cm³/mol. The van der Waals surface area contributed by atoms with Crippen LogP contribution in [0.15, 0.2) is 12.1 Å². The van der Waals surface area contributed by atoms with Crippen molar-refractivity contribution < 1.29 is 9.53 Å². The Morgan fingerprint density at radius 1 is 1.17 bits per heavy atom. The highest BCUT2D eigenvalue weighted by Gasteiger charge is 2.14. The van der Waals surface area contributed by atoms with Gasteiger partial charge in [-0.2, -0.15) is 0 Å². The van der Waals surface area contributed by atoms with Gasteiger partial charge in [0, 0.05) is 11.1 Å². The fourth-order valence-electron chi connectivity index (χ4n) is 2.98. The van der Waals surface area contributed by atoms with Crippen LogP contribution in [-0.2, 0) is 0 Å². The second-order valence-electron chi connectivity index (χ2n) is 6.31. The summed E-state index contributed by atoms with van der Waals surface area (Å²) in [5, 5.41) is 6.70. The number of hydrogen-bond donors (Lipinski definition) is 2. The van der Waals surface area contributed by atoms with Crippen molar-refractivity contribution in [3.8, 4) is 5.75 Å². The molecule has 1 aromatic rings. The van der Waals surface area contributed by atoms with Gasteiger partial charge in [-0.25, -0.2) is 4.79 Å². The summed E-state index contributed by atoms with van der Waals surface area (Å²) in [7, 11) is 0. The Balaban J connectivity index is 1.67. The lowest BCUT2D eigenvalue weighted by Crippen LogP contribution is -2.43. The van der Waals surface area contributed by atoms with Crippen LogP contribution in [0.5, 0.6) is 5.75 Å². The van der Waals surface area contributed by atoms with Crippen molar-refractivity contribution in [3.05, 3.63) is 28.3 Å². The van der Waals surface area contributed by atoms with Crippen molar-refractivity contribution in [3.63, 3.8) is 0 Å².